The van der Waals surface area contributed by atoms with Gasteiger partial charge in [0.15, 0.2) is 0 Å². The van der Waals surface area contributed by atoms with Gasteiger partial charge in [-0.15, -0.1) is 0 Å². The lowest BCUT2D eigenvalue weighted by Gasteiger charge is -2.07. The molecule has 0 aromatic carbocycles. The Hall–Kier alpha value is -0.920. The van der Waals surface area contributed by atoms with Gasteiger partial charge in [-0.25, -0.2) is 0 Å². The second-order valence-electron chi connectivity index (χ2n) is 3.56. The molecule has 0 aliphatic heterocycles. The topological polar surface area (TPSA) is 35.2 Å². The standard InChI is InChI=1S/C12H23NO/c1-4-5-6-7-8-9-10-14-12(3)11(2)13/h2-10,13H2,1H3. The molecule has 0 saturated heterocycles. The van der Waals surface area contributed by atoms with Gasteiger partial charge in [0.25, 0.3) is 0 Å². The van der Waals surface area contributed by atoms with E-state index in [0.29, 0.717) is 18.1 Å². The number of unbranched alkanes of at least 4 members (excludes halogenated alkanes) is 5. The first-order valence-electron chi connectivity index (χ1n) is 5.45. The third-order valence-corrected chi connectivity index (χ3v) is 2.13. The molecule has 2 nitrogen and oxygen atoms in total. The lowest BCUT2D eigenvalue weighted by atomic mass is 10.1. The van der Waals surface area contributed by atoms with Crippen LogP contribution in [0, 0.1) is 0 Å². The summed E-state index contributed by atoms with van der Waals surface area (Å²) < 4.78 is 5.29. The molecule has 0 spiro atoms. The van der Waals surface area contributed by atoms with Crippen molar-refractivity contribution in [3.8, 4) is 0 Å². The monoisotopic (exact) mass is 197 g/mol. The van der Waals surface area contributed by atoms with E-state index in [9.17, 15) is 0 Å². The Bertz CT molecular complexity index is 175. The van der Waals surface area contributed by atoms with E-state index in [4.69, 9.17) is 10.5 Å². The van der Waals surface area contributed by atoms with Gasteiger partial charge in [-0.2, -0.15) is 0 Å². The molecule has 0 rings (SSSR count). The van der Waals surface area contributed by atoms with E-state index in [-0.39, 0.29) is 0 Å². The summed E-state index contributed by atoms with van der Waals surface area (Å²) in [4.78, 5) is 0. The Kier molecular flexibility index (Phi) is 8.10. The summed E-state index contributed by atoms with van der Waals surface area (Å²) in [5.41, 5.74) is 5.82. The van der Waals surface area contributed by atoms with E-state index in [1.165, 1.54) is 32.1 Å². The van der Waals surface area contributed by atoms with Crippen molar-refractivity contribution in [1.29, 1.82) is 0 Å². The van der Waals surface area contributed by atoms with Crippen LogP contribution in [0.15, 0.2) is 24.6 Å². The van der Waals surface area contributed by atoms with Crippen molar-refractivity contribution in [2.75, 3.05) is 6.61 Å². The minimum atomic E-state index is 0.427. The minimum Gasteiger partial charge on any atom is -0.492 e. The van der Waals surface area contributed by atoms with Gasteiger partial charge >= 0.3 is 0 Å². The SMILES string of the molecule is C=C(N)C(=C)OCCCCCCCC. The molecule has 0 bridgehead atoms. The maximum atomic E-state index is 5.40. The number of hydrogen-bond acceptors (Lipinski definition) is 2. The molecule has 0 saturated carbocycles. The highest BCUT2D eigenvalue weighted by atomic mass is 16.5. The summed E-state index contributed by atoms with van der Waals surface area (Å²) in [6.07, 6.45) is 7.57. The van der Waals surface area contributed by atoms with Gasteiger partial charge in [0.1, 0.15) is 5.76 Å². The van der Waals surface area contributed by atoms with E-state index in [1.54, 1.807) is 0 Å². The molecule has 2 heteroatoms. The van der Waals surface area contributed by atoms with Crippen molar-refractivity contribution >= 4 is 0 Å². The van der Waals surface area contributed by atoms with Gasteiger partial charge < -0.3 is 10.5 Å². The first kappa shape index (κ1) is 13.1. The third-order valence-electron chi connectivity index (χ3n) is 2.13. The molecule has 0 aromatic rings. The molecule has 14 heavy (non-hydrogen) atoms. The average Bonchev–Trinajstić information content (AvgIpc) is 2.16. The Labute approximate surface area is 87.8 Å². The first-order chi connectivity index (χ1) is 6.68. The molecular weight excluding hydrogens is 174 g/mol. The maximum absolute atomic E-state index is 5.40. The Morgan fingerprint density at radius 2 is 1.64 bits per heavy atom. The normalized spacial score (nSPS) is 9.79. The molecule has 0 aromatic heterocycles. The van der Waals surface area contributed by atoms with Crippen LogP contribution in [0.1, 0.15) is 45.4 Å². The van der Waals surface area contributed by atoms with Crippen LogP contribution in [-0.4, -0.2) is 6.61 Å². The van der Waals surface area contributed by atoms with Crippen LogP contribution in [0.3, 0.4) is 0 Å². The lowest BCUT2D eigenvalue weighted by molar-refractivity contribution is 0.213. The molecule has 0 heterocycles. The summed E-state index contributed by atoms with van der Waals surface area (Å²) in [6, 6.07) is 0. The van der Waals surface area contributed by atoms with Crippen molar-refractivity contribution in [3.63, 3.8) is 0 Å². The molecule has 0 unspecified atom stereocenters. The van der Waals surface area contributed by atoms with E-state index in [1.807, 2.05) is 0 Å². The van der Waals surface area contributed by atoms with Crippen LogP contribution < -0.4 is 5.73 Å². The molecule has 0 atom stereocenters. The van der Waals surface area contributed by atoms with Crippen molar-refractivity contribution in [2.24, 2.45) is 5.73 Å². The zero-order chi connectivity index (χ0) is 10.8. The molecule has 0 aliphatic rings. The van der Waals surface area contributed by atoms with Crippen LogP contribution in [0.4, 0.5) is 0 Å². The van der Waals surface area contributed by atoms with E-state index >= 15 is 0 Å². The van der Waals surface area contributed by atoms with E-state index < -0.39 is 0 Å². The fraction of sp³-hybridized carbons (Fsp3) is 0.667. The van der Waals surface area contributed by atoms with Gasteiger partial charge in [-0.1, -0.05) is 52.2 Å². The smallest absolute Gasteiger partial charge is 0.134 e. The van der Waals surface area contributed by atoms with Gasteiger partial charge in [-0.05, 0) is 6.42 Å². The maximum Gasteiger partial charge on any atom is 0.134 e. The Morgan fingerprint density at radius 3 is 2.21 bits per heavy atom. The fourth-order valence-corrected chi connectivity index (χ4v) is 1.17. The van der Waals surface area contributed by atoms with Crippen molar-refractivity contribution in [3.05, 3.63) is 24.6 Å². The lowest BCUT2D eigenvalue weighted by Crippen LogP contribution is -2.03. The molecule has 2 N–H and O–H groups in total. The molecule has 0 radical (unpaired) electrons. The average molecular weight is 197 g/mol. The number of nitrogens with two attached hydrogens (primary N) is 1. The largest absolute Gasteiger partial charge is 0.492 e. The highest BCUT2D eigenvalue weighted by molar-refractivity contribution is 5.14. The zero-order valence-electron chi connectivity index (χ0n) is 9.35. The van der Waals surface area contributed by atoms with Crippen molar-refractivity contribution < 1.29 is 4.74 Å². The number of ether oxygens (including phenoxy) is 1. The van der Waals surface area contributed by atoms with Crippen LogP contribution in [0.25, 0.3) is 0 Å². The van der Waals surface area contributed by atoms with Crippen LogP contribution in [-0.2, 0) is 4.74 Å². The number of rotatable bonds is 9. The Morgan fingerprint density at radius 1 is 1.07 bits per heavy atom. The highest BCUT2D eigenvalue weighted by Gasteiger charge is 1.95. The summed E-state index contributed by atoms with van der Waals surface area (Å²) in [6.45, 7) is 10.1. The summed E-state index contributed by atoms with van der Waals surface area (Å²) in [7, 11) is 0. The minimum absolute atomic E-state index is 0.427. The second kappa shape index (κ2) is 8.67. The van der Waals surface area contributed by atoms with Crippen LogP contribution in [0.5, 0.6) is 0 Å². The van der Waals surface area contributed by atoms with E-state index in [0.717, 1.165) is 6.42 Å². The van der Waals surface area contributed by atoms with E-state index in [2.05, 4.69) is 20.1 Å². The predicted molar refractivity (Wildman–Crippen MR) is 61.8 cm³/mol. The van der Waals surface area contributed by atoms with Crippen LogP contribution in [0.2, 0.25) is 0 Å². The third kappa shape index (κ3) is 7.71. The number of hydrogen-bond donors (Lipinski definition) is 1. The van der Waals surface area contributed by atoms with Gasteiger partial charge in [0.05, 0.1) is 12.3 Å². The second-order valence-corrected chi connectivity index (χ2v) is 3.56. The highest BCUT2D eigenvalue weighted by Crippen LogP contribution is 2.07. The summed E-state index contributed by atoms with van der Waals surface area (Å²) >= 11 is 0. The molecular formula is C12H23NO. The summed E-state index contributed by atoms with van der Waals surface area (Å²) in [5.74, 6) is 0.513. The van der Waals surface area contributed by atoms with Gasteiger partial charge in [0, 0.05) is 0 Å². The van der Waals surface area contributed by atoms with Crippen LogP contribution >= 0.6 is 0 Å². The Balaban J connectivity index is 3.13. The molecule has 0 aliphatic carbocycles. The molecule has 0 amide bonds. The van der Waals surface area contributed by atoms with Crippen molar-refractivity contribution in [1.82, 2.24) is 0 Å². The van der Waals surface area contributed by atoms with Gasteiger partial charge in [0.2, 0.25) is 0 Å². The van der Waals surface area contributed by atoms with Crippen molar-refractivity contribution in [2.45, 2.75) is 45.4 Å². The van der Waals surface area contributed by atoms with Gasteiger partial charge in [-0.3, -0.25) is 0 Å². The quantitative estimate of drug-likeness (QED) is 0.349. The fourth-order valence-electron chi connectivity index (χ4n) is 1.17. The summed E-state index contributed by atoms with van der Waals surface area (Å²) in [5, 5.41) is 0. The molecule has 0 fully saturated rings. The predicted octanol–water partition coefficient (Wildman–Crippen LogP) is 3.35. The molecule has 82 valence electrons. The first-order valence-corrected chi connectivity index (χ1v) is 5.45. The zero-order valence-corrected chi connectivity index (χ0v) is 9.35.